The van der Waals surface area contributed by atoms with Crippen LogP contribution in [0.4, 0.5) is 0 Å². The van der Waals surface area contributed by atoms with Gasteiger partial charge >= 0.3 is 0 Å². The van der Waals surface area contributed by atoms with Crippen LogP contribution in [0.1, 0.15) is 25.0 Å². The molecule has 1 aromatic rings. The molecule has 0 saturated heterocycles. The fraction of sp³-hybridized carbons (Fsp3) is 0.500. The van der Waals surface area contributed by atoms with Gasteiger partial charge in [0.1, 0.15) is 0 Å². The highest BCUT2D eigenvalue weighted by Gasteiger charge is 2.29. The summed E-state index contributed by atoms with van der Waals surface area (Å²) in [6.07, 6.45) is 0.865. The van der Waals surface area contributed by atoms with Crippen LogP contribution < -0.4 is 0 Å². The Morgan fingerprint density at radius 3 is 2.56 bits per heavy atom. The van der Waals surface area contributed by atoms with Gasteiger partial charge in [-0.2, -0.15) is 0 Å². The van der Waals surface area contributed by atoms with Crippen molar-refractivity contribution < 1.29 is 4.79 Å². The summed E-state index contributed by atoms with van der Waals surface area (Å²) in [5, 5.41) is 0. The molecule has 2 rings (SSSR count). The van der Waals surface area contributed by atoms with Crippen molar-refractivity contribution in [3.63, 3.8) is 0 Å². The van der Waals surface area contributed by atoms with Gasteiger partial charge < -0.3 is 0 Å². The molecule has 0 radical (unpaired) electrons. The van der Waals surface area contributed by atoms with Gasteiger partial charge in [0.2, 0.25) is 0 Å². The predicted octanol–water partition coefficient (Wildman–Crippen LogP) is 2.27. The minimum atomic E-state index is 0.0647. The van der Waals surface area contributed by atoms with Crippen molar-refractivity contribution in [3.8, 4) is 0 Å². The van der Waals surface area contributed by atoms with Crippen molar-refractivity contribution >= 4 is 5.78 Å². The summed E-state index contributed by atoms with van der Waals surface area (Å²) in [7, 11) is 2.04. The first-order valence-electron chi connectivity index (χ1n) is 5.90. The fourth-order valence-corrected chi connectivity index (χ4v) is 2.36. The second-order valence-electron chi connectivity index (χ2n) is 4.96. The fourth-order valence-electron chi connectivity index (χ4n) is 2.36. The molecule has 0 saturated carbocycles. The van der Waals surface area contributed by atoms with Gasteiger partial charge in [0.05, 0.1) is 6.04 Å². The Hall–Kier alpha value is -1.15. The van der Waals surface area contributed by atoms with Crippen LogP contribution in [0.3, 0.4) is 0 Å². The van der Waals surface area contributed by atoms with Crippen LogP contribution in [-0.4, -0.2) is 23.8 Å². The van der Waals surface area contributed by atoms with Crippen molar-refractivity contribution in [2.75, 3.05) is 7.05 Å². The number of hydrogen-bond donors (Lipinski definition) is 0. The summed E-state index contributed by atoms with van der Waals surface area (Å²) in [6, 6.07) is 8.48. The molecule has 0 N–H and O–H groups in total. The largest absolute Gasteiger partial charge is 0.298 e. The van der Waals surface area contributed by atoms with E-state index in [2.05, 4.69) is 29.2 Å². The number of carbonyl (C=O) groups is 1. The molecule has 2 heteroatoms. The number of nitrogens with zero attached hydrogens (tertiary/aromatic N) is 1. The van der Waals surface area contributed by atoms with Crippen LogP contribution in [0.2, 0.25) is 0 Å². The lowest BCUT2D eigenvalue weighted by Crippen LogP contribution is -2.44. The molecule has 1 atom stereocenters. The van der Waals surface area contributed by atoms with Crippen LogP contribution in [0, 0.1) is 5.92 Å². The van der Waals surface area contributed by atoms with Crippen LogP contribution in [0.5, 0.6) is 0 Å². The van der Waals surface area contributed by atoms with Gasteiger partial charge in [-0.05, 0) is 24.6 Å². The van der Waals surface area contributed by atoms with Crippen molar-refractivity contribution in [2.45, 2.75) is 32.9 Å². The summed E-state index contributed by atoms with van der Waals surface area (Å²) in [5.41, 5.74) is 2.69. The van der Waals surface area contributed by atoms with E-state index in [4.69, 9.17) is 0 Å². The van der Waals surface area contributed by atoms with Gasteiger partial charge in [-0.15, -0.1) is 0 Å². The maximum atomic E-state index is 12.1. The Labute approximate surface area is 97.3 Å². The molecule has 1 heterocycles. The van der Waals surface area contributed by atoms with E-state index in [1.165, 1.54) is 11.1 Å². The second kappa shape index (κ2) is 4.38. The lowest BCUT2D eigenvalue weighted by Gasteiger charge is -2.33. The standard InChI is InChI=1S/C14H19NO/c1-10(2)14(16)13-8-11-6-4-5-7-12(11)9-15(13)3/h4-7,10,13H,8-9H2,1-3H3/t13-/m0/s1. The quantitative estimate of drug-likeness (QED) is 0.757. The maximum absolute atomic E-state index is 12.1. The number of hydrogen-bond acceptors (Lipinski definition) is 2. The van der Waals surface area contributed by atoms with Crippen LogP contribution in [0.15, 0.2) is 24.3 Å². The topological polar surface area (TPSA) is 20.3 Å². The zero-order valence-corrected chi connectivity index (χ0v) is 10.2. The predicted molar refractivity (Wildman–Crippen MR) is 65.2 cm³/mol. The maximum Gasteiger partial charge on any atom is 0.152 e. The Balaban J connectivity index is 2.24. The molecule has 0 amide bonds. The summed E-state index contributed by atoms with van der Waals surface area (Å²) in [5.74, 6) is 0.481. The molecular formula is C14H19NO. The van der Waals surface area contributed by atoms with Gasteiger partial charge in [0.15, 0.2) is 5.78 Å². The van der Waals surface area contributed by atoms with E-state index >= 15 is 0 Å². The van der Waals surface area contributed by atoms with Crippen LogP contribution in [0.25, 0.3) is 0 Å². The number of rotatable bonds is 2. The smallest absolute Gasteiger partial charge is 0.152 e. The molecule has 0 unspecified atom stereocenters. The highest BCUT2D eigenvalue weighted by Crippen LogP contribution is 2.23. The highest BCUT2D eigenvalue weighted by molar-refractivity contribution is 5.86. The molecule has 1 aliphatic heterocycles. The second-order valence-corrected chi connectivity index (χ2v) is 4.96. The minimum absolute atomic E-state index is 0.0647. The van der Waals surface area contributed by atoms with E-state index in [1.807, 2.05) is 20.9 Å². The first kappa shape index (κ1) is 11.3. The number of carbonyl (C=O) groups excluding carboxylic acids is 1. The van der Waals surface area contributed by atoms with Gasteiger partial charge in [-0.25, -0.2) is 0 Å². The van der Waals surface area contributed by atoms with Crippen LogP contribution >= 0.6 is 0 Å². The van der Waals surface area contributed by atoms with Crippen molar-refractivity contribution in [2.24, 2.45) is 5.92 Å². The van der Waals surface area contributed by atoms with Crippen molar-refractivity contribution in [1.29, 1.82) is 0 Å². The molecule has 0 spiro atoms. The molecule has 16 heavy (non-hydrogen) atoms. The van der Waals surface area contributed by atoms with E-state index in [0.29, 0.717) is 5.78 Å². The normalized spacial score (nSPS) is 20.9. The SMILES string of the molecule is CC(C)C(=O)[C@@H]1Cc2ccccc2CN1C. The van der Waals surface area contributed by atoms with E-state index in [9.17, 15) is 4.79 Å². The lowest BCUT2D eigenvalue weighted by atomic mass is 9.89. The number of fused-ring (bicyclic) bond motifs is 1. The minimum Gasteiger partial charge on any atom is -0.298 e. The number of likely N-dealkylation sites (N-methyl/N-ethyl adjacent to an activating group) is 1. The highest BCUT2D eigenvalue weighted by atomic mass is 16.1. The summed E-state index contributed by atoms with van der Waals surface area (Å²) in [4.78, 5) is 14.2. The van der Waals surface area contributed by atoms with E-state index in [1.54, 1.807) is 0 Å². The first-order valence-corrected chi connectivity index (χ1v) is 5.90. The van der Waals surface area contributed by atoms with E-state index in [-0.39, 0.29) is 12.0 Å². The molecule has 0 aromatic heterocycles. The molecule has 0 fully saturated rings. The molecule has 1 aromatic carbocycles. The van der Waals surface area contributed by atoms with Crippen molar-refractivity contribution in [3.05, 3.63) is 35.4 Å². The molecule has 0 bridgehead atoms. The first-order chi connectivity index (χ1) is 7.59. The van der Waals surface area contributed by atoms with Crippen LogP contribution in [-0.2, 0) is 17.8 Å². The van der Waals surface area contributed by atoms with Gasteiger partial charge in [-0.3, -0.25) is 9.69 Å². The number of benzene rings is 1. The monoisotopic (exact) mass is 217 g/mol. The number of Topliss-reactive ketones (excluding diaryl/α,β-unsaturated/α-hetero) is 1. The zero-order chi connectivity index (χ0) is 11.7. The van der Waals surface area contributed by atoms with E-state index < -0.39 is 0 Å². The zero-order valence-electron chi connectivity index (χ0n) is 10.2. The molecular weight excluding hydrogens is 198 g/mol. The molecule has 2 nitrogen and oxygen atoms in total. The molecule has 1 aliphatic rings. The average molecular weight is 217 g/mol. The Morgan fingerprint density at radius 1 is 1.31 bits per heavy atom. The summed E-state index contributed by atoms with van der Waals surface area (Å²) < 4.78 is 0. The Bertz CT molecular complexity index is 397. The Morgan fingerprint density at radius 2 is 1.94 bits per heavy atom. The third-order valence-corrected chi connectivity index (χ3v) is 3.38. The van der Waals surface area contributed by atoms with Gasteiger partial charge in [-0.1, -0.05) is 38.1 Å². The summed E-state index contributed by atoms with van der Waals surface area (Å²) in [6.45, 7) is 4.85. The number of ketones is 1. The lowest BCUT2D eigenvalue weighted by molar-refractivity contribution is -0.127. The third kappa shape index (κ3) is 2.03. The van der Waals surface area contributed by atoms with E-state index in [0.717, 1.165) is 13.0 Å². The average Bonchev–Trinajstić information content (AvgIpc) is 2.27. The van der Waals surface area contributed by atoms with Crippen molar-refractivity contribution in [1.82, 2.24) is 4.90 Å². The molecule has 0 aliphatic carbocycles. The summed E-state index contributed by atoms with van der Waals surface area (Å²) >= 11 is 0. The van der Waals surface area contributed by atoms with Gasteiger partial charge in [0.25, 0.3) is 0 Å². The third-order valence-electron chi connectivity index (χ3n) is 3.38. The van der Waals surface area contributed by atoms with Gasteiger partial charge in [0, 0.05) is 12.5 Å². The Kier molecular flexibility index (Phi) is 3.10. The molecule has 86 valence electrons.